The lowest BCUT2D eigenvalue weighted by atomic mass is 10.2. The van der Waals surface area contributed by atoms with Crippen LogP contribution < -0.4 is 21.9 Å². The van der Waals surface area contributed by atoms with Crippen LogP contribution in [0.5, 0.6) is 0 Å². The van der Waals surface area contributed by atoms with Crippen LogP contribution in [-0.2, 0) is 6.54 Å². The molecule has 1 aromatic heterocycles. The third-order valence-electron chi connectivity index (χ3n) is 3.75. The van der Waals surface area contributed by atoms with Gasteiger partial charge in [0, 0.05) is 18.6 Å². The summed E-state index contributed by atoms with van der Waals surface area (Å²) in [6.45, 7) is 2.23. The Morgan fingerprint density at radius 2 is 2.08 bits per heavy atom. The van der Waals surface area contributed by atoms with E-state index < -0.39 is 23.0 Å². The summed E-state index contributed by atoms with van der Waals surface area (Å²) in [4.78, 5) is 39.7. The van der Waals surface area contributed by atoms with Crippen LogP contribution in [0.25, 0.3) is 0 Å². The molecule has 0 atom stereocenters. The van der Waals surface area contributed by atoms with Crippen molar-refractivity contribution >= 4 is 29.0 Å². The largest absolute Gasteiger partial charge is 0.383 e. The number of halogens is 2. The second-order valence-electron chi connectivity index (χ2n) is 5.49. The van der Waals surface area contributed by atoms with Crippen LogP contribution >= 0.6 is 11.6 Å². The lowest BCUT2D eigenvalue weighted by Gasteiger charge is -2.20. The third-order valence-corrected chi connectivity index (χ3v) is 3.98. The van der Waals surface area contributed by atoms with Gasteiger partial charge in [-0.15, -0.1) is 0 Å². The fraction of sp³-hybridized carbons (Fsp3) is 0.312. The molecule has 0 fully saturated rings. The van der Waals surface area contributed by atoms with E-state index in [1.807, 2.05) is 6.92 Å². The van der Waals surface area contributed by atoms with Crippen LogP contribution in [0.3, 0.4) is 0 Å². The van der Waals surface area contributed by atoms with E-state index in [1.165, 1.54) is 17.7 Å². The number of hydrogen-bond donors (Lipinski definition) is 2. The first-order chi connectivity index (χ1) is 11.8. The highest BCUT2D eigenvalue weighted by Crippen LogP contribution is 2.21. The quantitative estimate of drug-likeness (QED) is 0.842. The van der Waals surface area contributed by atoms with Crippen molar-refractivity contribution in [2.45, 2.75) is 26.3 Å². The van der Waals surface area contributed by atoms with Crippen LogP contribution in [0, 0.1) is 5.82 Å². The summed E-state index contributed by atoms with van der Waals surface area (Å²) in [5.74, 6) is -1.74. The van der Waals surface area contributed by atoms with E-state index in [0.717, 1.165) is 23.5 Å². The van der Waals surface area contributed by atoms with Gasteiger partial charge in [-0.05, 0) is 24.6 Å². The van der Waals surface area contributed by atoms with Crippen LogP contribution in [-0.4, -0.2) is 22.5 Å². The van der Waals surface area contributed by atoms with Crippen LogP contribution in [0.2, 0.25) is 5.02 Å². The number of nitrogens with two attached hydrogens (primary N) is 1. The standard InChI is InChI=1S/C16H18ClFN4O3/c1-3-4-7-22-13(19)12(14(23)20-16(22)25)21(2)15(24)10-8-9(17)5-6-11(10)18/h5-6,8H,3-4,7,19H2,1-2H3,(H,20,23,25). The fourth-order valence-corrected chi connectivity index (χ4v) is 2.56. The highest BCUT2D eigenvalue weighted by Gasteiger charge is 2.24. The molecule has 9 heteroatoms. The zero-order chi connectivity index (χ0) is 18.7. The number of carbonyl (C=O) groups excluding carboxylic acids is 1. The maximum atomic E-state index is 13.9. The highest BCUT2D eigenvalue weighted by atomic mass is 35.5. The Kier molecular flexibility index (Phi) is 5.63. The number of H-pyrrole nitrogens is 1. The minimum Gasteiger partial charge on any atom is -0.383 e. The van der Waals surface area contributed by atoms with E-state index in [-0.39, 0.29) is 22.1 Å². The molecule has 0 aliphatic rings. The summed E-state index contributed by atoms with van der Waals surface area (Å²) < 4.78 is 15.1. The summed E-state index contributed by atoms with van der Waals surface area (Å²) >= 11 is 5.80. The van der Waals surface area contributed by atoms with Gasteiger partial charge in [0.2, 0.25) is 0 Å². The molecule has 1 amide bonds. The molecule has 0 bridgehead atoms. The van der Waals surface area contributed by atoms with Crippen molar-refractivity contribution in [3.63, 3.8) is 0 Å². The summed E-state index contributed by atoms with van der Waals surface area (Å²) in [6, 6.07) is 3.52. The average molecular weight is 369 g/mol. The van der Waals surface area contributed by atoms with Crippen molar-refractivity contribution < 1.29 is 9.18 Å². The molecular weight excluding hydrogens is 351 g/mol. The molecule has 1 aromatic carbocycles. The zero-order valence-corrected chi connectivity index (χ0v) is 14.6. The Balaban J connectivity index is 2.53. The number of unbranched alkanes of at least 4 members (excludes halogenated alkanes) is 1. The number of nitrogen functional groups attached to an aromatic ring is 1. The van der Waals surface area contributed by atoms with E-state index in [4.69, 9.17) is 17.3 Å². The summed E-state index contributed by atoms with van der Waals surface area (Å²) in [7, 11) is 1.28. The van der Waals surface area contributed by atoms with Crippen LogP contribution in [0.4, 0.5) is 15.9 Å². The molecular formula is C16H18ClFN4O3. The minimum absolute atomic E-state index is 0.152. The predicted molar refractivity (Wildman–Crippen MR) is 94.8 cm³/mol. The Morgan fingerprint density at radius 1 is 1.40 bits per heavy atom. The monoisotopic (exact) mass is 368 g/mol. The van der Waals surface area contributed by atoms with E-state index in [2.05, 4.69) is 4.98 Å². The van der Waals surface area contributed by atoms with Gasteiger partial charge in [0.1, 0.15) is 11.6 Å². The number of amides is 1. The second-order valence-corrected chi connectivity index (χ2v) is 5.92. The van der Waals surface area contributed by atoms with E-state index >= 15 is 0 Å². The van der Waals surface area contributed by atoms with Crippen molar-refractivity contribution in [3.05, 3.63) is 55.4 Å². The molecule has 134 valence electrons. The summed E-state index contributed by atoms with van der Waals surface area (Å²) in [5.41, 5.74) is 3.93. The molecule has 1 heterocycles. The maximum Gasteiger partial charge on any atom is 0.330 e. The molecule has 0 radical (unpaired) electrons. The maximum absolute atomic E-state index is 13.9. The van der Waals surface area contributed by atoms with Gasteiger partial charge in [-0.2, -0.15) is 0 Å². The van der Waals surface area contributed by atoms with Crippen molar-refractivity contribution in [1.82, 2.24) is 9.55 Å². The number of aromatic amines is 1. The topological polar surface area (TPSA) is 101 Å². The number of rotatable bonds is 5. The average Bonchev–Trinajstić information content (AvgIpc) is 2.55. The van der Waals surface area contributed by atoms with Gasteiger partial charge in [-0.25, -0.2) is 9.18 Å². The predicted octanol–water partition coefficient (Wildman–Crippen LogP) is 1.99. The molecule has 3 N–H and O–H groups in total. The fourth-order valence-electron chi connectivity index (χ4n) is 2.38. The number of benzene rings is 1. The smallest absolute Gasteiger partial charge is 0.330 e. The summed E-state index contributed by atoms with van der Waals surface area (Å²) in [5, 5.41) is 0.174. The molecule has 0 spiro atoms. The van der Waals surface area contributed by atoms with Gasteiger partial charge in [-0.1, -0.05) is 24.9 Å². The lowest BCUT2D eigenvalue weighted by Crippen LogP contribution is -2.39. The summed E-state index contributed by atoms with van der Waals surface area (Å²) in [6.07, 6.45) is 1.47. The number of anilines is 2. The van der Waals surface area contributed by atoms with Gasteiger partial charge in [0.05, 0.1) is 5.56 Å². The molecule has 2 aromatic rings. The van der Waals surface area contributed by atoms with Crippen molar-refractivity contribution in [1.29, 1.82) is 0 Å². The molecule has 25 heavy (non-hydrogen) atoms. The lowest BCUT2D eigenvalue weighted by molar-refractivity contribution is 0.0989. The zero-order valence-electron chi connectivity index (χ0n) is 13.8. The van der Waals surface area contributed by atoms with Gasteiger partial charge in [-0.3, -0.25) is 19.1 Å². The highest BCUT2D eigenvalue weighted by molar-refractivity contribution is 6.31. The van der Waals surface area contributed by atoms with Crippen molar-refractivity contribution in [3.8, 4) is 0 Å². The molecule has 0 saturated heterocycles. The molecule has 0 saturated carbocycles. The normalized spacial score (nSPS) is 10.7. The van der Waals surface area contributed by atoms with Crippen molar-refractivity contribution in [2.24, 2.45) is 0 Å². The number of hydrogen-bond acceptors (Lipinski definition) is 4. The molecule has 0 aliphatic carbocycles. The van der Waals surface area contributed by atoms with E-state index in [0.29, 0.717) is 13.0 Å². The van der Waals surface area contributed by atoms with Gasteiger partial charge in [0.25, 0.3) is 11.5 Å². The first-order valence-electron chi connectivity index (χ1n) is 7.63. The van der Waals surface area contributed by atoms with Crippen molar-refractivity contribution in [2.75, 3.05) is 17.7 Å². The Hall–Kier alpha value is -2.61. The molecule has 7 nitrogen and oxygen atoms in total. The third kappa shape index (κ3) is 3.74. The van der Waals surface area contributed by atoms with E-state index in [1.54, 1.807) is 0 Å². The first-order valence-corrected chi connectivity index (χ1v) is 8.01. The first kappa shape index (κ1) is 18.7. The number of aromatic nitrogens is 2. The Morgan fingerprint density at radius 3 is 2.72 bits per heavy atom. The van der Waals surface area contributed by atoms with E-state index in [9.17, 15) is 18.8 Å². The Bertz CT molecular complexity index is 923. The molecule has 0 aliphatic heterocycles. The minimum atomic E-state index is -0.825. The SMILES string of the molecule is CCCCn1c(N)c(N(C)C(=O)c2cc(Cl)ccc2F)c(=O)[nH]c1=O. The molecule has 2 rings (SSSR count). The Labute approximate surface area is 147 Å². The molecule has 0 unspecified atom stereocenters. The number of carbonyl (C=O) groups is 1. The van der Waals surface area contributed by atoms with Gasteiger partial charge >= 0.3 is 5.69 Å². The van der Waals surface area contributed by atoms with Crippen LogP contribution in [0.15, 0.2) is 27.8 Å². The van der Waals surface area contributed by atoms with Crippen LogP contribution in [0.1, 0.15) is 30.1 Å². The van der Waals surface area contributed by atoms with Gasteiger partial charge < -0.3 is 10.6 Å². The number of nitrogens with zero attached hydrogens (tertiary/aromatic N) is 2. The second kappa shape index (κ2) is 7.52. The van der Waals surface area contributed by atoms with Gasteiger partial charge in [0.15, 0.2) is 5.69 Å². The number of nitrogens with one attached hydrogen (secondary N) is 1.